The second-order valence-corrected chi connectivity index (χ2v) is 11.6. The Labute approximate surface area is 232 Å². The molecule has 3 aliphatic rings. The first-order valence-corrected chi connectivity index (χ1v) is 14.1. The molecule has 0 radical (unpaired) electrons. The smallest absolute Gasteiger partial charge is 0.312 e. The fraction of sp³-hybridized carbons (Fsp3) is 0.552. The first-order valence-electron chi connectivity index (χ1n) is 13.2. The predicted molar refractivity (Wildman–Crippen MR) is 148 cm³/mol. The molecule has 1 aromatic carbocycles. The van der Waals surface area contributed by atoms with E-state index in [1.54, 1.807) is 11.0 Å². The van der Waals surface area contributed by atoms with Gasteiger partial charge in [-0.3, -0.25) is 14.4 Å². The number of unbranched alkanes of at least 4 members (excludes halogenated alkanes) is 2. The Bertz CT molecular complexity index is 1110. The molecule has 3 fully saturated rings. The molecule has 206 valence electrons. The van der Waals surface area contributed by atoms with Crippen molar-refractivity contribution in [1.29, 1.82) is 0 Å². The number of aliphatic hydroxyl groups excluding tert-OH is 1. The number of amides is 2. The molecular formula is C29H37BrN2O6. The Balaban J connectivity index is 1.69. The zero-order valence-corrected chi connectivity index (χ0v) is 23.7. The summed E-state index contributed by atoms with van der Waals surface area (Å²) in [6, 6.07) is 4.87. The number of alkyl halides is 1. The van der Waals surface area contributed by atoms with Gasteiger partial charge in [0.1, 0.15) is 11.6 Å². The van der Waals surface area contributed by atoms with Crippen LogP contribution in [0.4, 0.5) is 5.69 Å². The summed E-state index contributed by atoms with van der Waals surface area (Å²) in [6.07, 6.45) is 5.67. The second-order valence-electron chi connectivity index (χ2n) is 10.4. The molecule has 1 spiro atoms. The molecule has 3 aliphatic heterocycles. The van der Waals surface area contributed by atoms with Gasteiger partial charge in [0.05, 0.1) is 31.2 Å². The number of β-amino-alcohol motifs (C(OH)–C–C–N with tert-alkyl or cyclic N) is 1. The van der Waals surface area contributed by atoms with Gasteiger partial charge in [0.15, 0.2) is 0 Å². The van der Waals surface area contributed by atoms with Crippen molar-refractivity contribution in [2.45, 2.75) is 62.1 Å². The number of fused-ring (bicyclic) bond motifs is 1. The minimum atomic E-state index is -1.20. The SMILES string of the molecule is C=CCCCCOC(=O)[C@H]1[C@H]2C(=O)N(CCO)C(C(=O)N(CC=C)c3cc(C)ccc3C)C23CC(Br)[C@@H]1O3. The van der Waals surface area contributed by atoms with Crippen molar-refractivity contribution in [3.05, 3.63) is 54.6 Å². The maximum Gasteiger partial charge on any atom is 0.312 e. The van der Waals surface area contributed by atoms with Crippen molar-refractivity contribution in [2.24, 2.45) is 11.8 Å². The summed E-state index contributed by atoms with van der Waals surface area (Å²) in [7, 11) is 0. The van der Waals surface area contributed by atoms with Gasteiger partial charge in [0, 0.05) is 23.6 Å². The number of hydrogen-bond acceptors (Lipinski definition) is 6. The molecule has 3 saturated heterocycles. The molecule has 0 aromatic heterocycles. The number of nitrogens with zero attached hydrogens (tertiary/aromatic N) is 2. The van der Waals surface area contributed by atoms with Crippen molar-refractivity contribution in [3.63, 3.8) is 0 Å². The number of carbonyl (C=O) groups is 3. The maximum atomic E-state index is 14.4. The standard InChI is InChI=1S/C29H37BrN2O6/c1-5-7-8-9-15-37-28(36)22-23-26(34)32(13-14-33)25(29(23)17-20(30)24(22)38-29)27(35)31(12-6-2)21-16-18(3)10-11-19(21)4/h5-6,10-11,16,20,22-25,33H,1-2,7-9,12-15,17H2,3-4H3/t20?,22-,23-,24-,25?,29?/m0/s1. The molecule has 9 heteroatoms. The molecular weight excluding hydrogens is 552 g/mol. The number of aliphatic hydroxyl groups is 1. The van der Waals surface area contributed by atoms with E-state index in [1.165, 1.54) is 4.90 Å². The third-order valence-electron chi connectivity index (χ3n) is 7.92. The number of halogens is 1. The van der Waals surface area contributed by atoms with E-state index in [2.05, 4.69) is 29.1 Å². The van der Waals surface area contributed by atoms with Crippen LogP contribution in [-0.4, -0.2) is 76.7 Å². The third kappa shape index (κ3) is 4.84. The summed E-state index contributed by atoms with van der Waals surface area (Å²) in [5, 5.41) is 9.84. The van der Waals surface area contributed by atoms with Crippen LogP contribution in [0, 0.1) is 25.7 Å². The fourth-order valence-electron chi connectivity index (χ4n) is 6.28. The molecule has 6 atom stereocenters. The topological polar surface area (TPSA) is 96.4 Å². The molecule has 38 heavy (non-hydrogen) atoms. The zero-order valence-electron chi connectivity index (χ0n) is 22.1. The highest BCUT2D eigenvalue weighted by atomic mass is 79.9. The molecule has 4 rings (SSSR count). The Morgan fingerprint density at radius 2 is 2.05 bits per heavy atom. The lowest BCUT2D eigenvalue weighted by Crippen LogP contribution is -2.57. The van der Waals surface area contributed by atoms with Crippen molar-refractivity contribution in [3.8, 4) is 0 Å². The van der Waals surface area contributed by atoms with Crippen LogP contribution in [0.1, 0.15) is 36.8 Å². The minimum Gasteiger partial charge on any atom is -0.465 e. The summed E-state index contributed by atoms with van der Waals surface area (Å²) in [6.45, 7) is 11.6. The van der Waals surface area contributed by atoms with E-state index in [0.29, 0.717) is 12.8 Å². The van der Waals surface area contributed by atoms with Crippen LogP contribution in [-0.2, 0) is 23.9 Å². The van der Waals surface area contributed by atoms with Gasteiger partial charge in [-0.15, -0.1) is 13.2 Å². The molecule has 2 bridgehead atoms. The van der Waals surface area contributed by atoms with Crippen molar-refractivity contribution < 1.29 is 29.0 Å². The molecule has 0 aliphatic carbocycles. The summed E-state index contributed by atoms with van der Waals surface area (Å²) < 4.78 is 12.1. The van der Waals surface area contributed by atoms with Crippen LogP contribution < -0.4 is 4.90 Å². The number of allylic oxidation sites excluding steroid dienone is 1. The molecule has 3 heterocycles. The van der Waals surface area contributed by atoms with Crippen LogP contribution in [0.3, 0.4) is 0 Å². The lowest BCUT2D eigenvalue weighted by molar-refractivity contribution is -0.155. The number of likely N-dealkylation sites (tertiary alicyclic amines) is 1. The summed E-state index contributed by atoms with van der Waals surface area (Å²) in [5.74, 6) is -2.83. The molecule has 2 amide bonds. The summed E-state index contributed by atoms with van der Waals surface area (Å²) in [5.41, 5.74) is 1.43. The van der Waals surface area contributed by atoms with Gasteiger partial charge in [0.2, 0.25) is 5.91 Å². The van der Waals surface area contributed by atoms with Gasteiger partial charge in [-0.05, 0) is 56.7 Å². The van der Waals surface area contributed by atoms with Crippen molar-refractivity contribution in [1.82, 2.24) is 4.90 Å². The minimum absolute atomic E-state index is 0.0352. The number of benzene rings is 1. The van der Waals surface area contributed by atoms with Gasteiger partial charge in [-0.1, -0.05) is 40.2 Å². The van der Waals surface area contributed by atoms with Crippen LogP contribution in [0.25, 0.3) is 0 Å². The second kappa shape index (κ2) is 11.7. The quantitative estimate of drug-likeness (QED) is 0.174. The Morgan fingerprint density at radius 1 is 1.29 bits per heavy atom. The van der Waals surface area contributed by atoms with Crippen LogP contribution in [0.15, 0.2) is 43.5 Å². The lowest BCUT2D eigenvalue weighted by Gasteiger charge is -2.37. The number of ether oxygens (including phenoxy) is 2. The lowest BCUT2D eigenvalue weighted by atomic mass is 9.70. The van der Waals surface area contributed by atoms with Crippen LogP contribution in [0.5, 0.6) is 0 Å². The fourth-order valence-corrected chi connectivity index (χ4v) is 7.22. The highest BCUT2D eigenvalue weighted by Crippen LogP contribution is 2.60. The van der Waals surface area contributed by atoms with E-state index in [-0.39, 0.29) is 42.9 Å². The highest BCUT2D eigenvalue weighted by Gasteiger charge is 2.77. The van der Waals surface area contributed by atoms with Gasteiger partial charge >= 0.3 is 5.97 Å². The van der Waals surface area contributed by atoms with E-state index >= 15 is 0 Å². The van der Waals surface area contributed by atoms with Gasteiger partial charge in [0.25, 0.3) is 5.91 Å². The average Bonchev–Trinajstić information content (AvgIpc) is 3.47. The van der Waals surface area contributed by atoms with Crippen molar-refractivity contribution in [2.75, 3.05) is 31.2 Å². The van der Waals surface area contributed by atoms with Crippen LogP contribution in [0.2, 0.25) is 0 Å². The summed E-state index contributed by atoms with van der Waals surface area (Å²) in [4.78, 5) is 44.4. The largest absolute Gasteiger partial charge is 0.465 e. The highest BCUT2D eigenvalue weighted by molar-refractivity contribution is 9.09. The van der Waals surface area contributed by atoms with E-state index in [1.807, 2.05) is 38.1 Å². The number of anilines is 1. The monoisotopic (exact) mass is 588 g/mol. The first-order chi connectivity index (χ1) is 18.2. The van der Waals surface area contributed by atoms with E-state index in [0.717, 1.165) is 29.7 Å². The van der Waals surface area contributed by atoms with E-state index in [4.69, 9.17) is 9.47 Å². The molecule has 1 N–H and O–H groups in total. The van der Waals surface area contributed by atoms with Gasteiger partial charge in [-0.25, -0.2) is 0 Å². The zero-order chi connectivity index (χ0) is 27.6. The molecule has 3 unspecified atom stereocenters. The average molecular weight is 590 g/mol. The Hall–Kier alpha value is -2.49. The number of carbonyl (C=O) groups excluding carboxylic acids is 3. The number of esters is 1. The number of aryl methyl sites for hydroxylation is 2. The summed E-state index contributed by atoms with van der Waals surface area (Å²) >= 11 is 3.66. The molecule has 0 saturated carbocycles. The maximum absolute atomic E-state index is 14.4. The number of hydrogen-bond donors (Lipinski definition) is 1. The van der Waals surface area contributed by atoms with E-state index < -0.39 is 35.6 Å². The van der Waals surface area contributed by atoms with Crippen LogP contribution >= 0.6 is 15.9 Å². The van der Waals surface area contributed by atoms with Gasteiger partial charge in [-0.2, -0.15) is 0 Å². The Morgan fingerprint density at radius 3 is 2.74 bits per heavy atom. The first kappa shape index (κ1) is 28.5. The van der Waals surface area contributed by atoms with Crippen molar-refractivity contribution >= 4 is 39.4 Å². The molecule has 8 nitrogen and oxygen atoms in total. The van der Waals surface area contributed by atoms with Gasteiger partial charge < -0.3 is 24.4 Å². The third-order valence-corrected chi connectivity index (χ3v) is 8.76. The molecule has 1 aromatic rings. The normalized spacial score (nSPS) is 29.3. The predicted octanol–water partition coefficient (Wildman–Crippen LogP) is 3.46. The number of rotatable bonds is 12. The van der Waals surface area contributed by atoms with E-state index in [9.17, 15) is 19.5 Å². The Kier molecular flexibility index (Phi) is 8.79.